The number of nitrogens with zero attached hydrogens (tertiary/aromatic N) is 2. The fourth-order valence-corrected chi connectivity index (χ4v) is 3.24. The van der Waals surface area contributed by atoms with E-state index in [0.717, 1.165) is 16.7 Å². The van der Waals surface area contributed by atoms with Crippen LogP contribution in [0.1, 0.15) is 26.5 Å². The van der Waals surface area contributed by atoms with Crippen molar-refractivity contribution in [3.63, 3.8) is 0 Å². The topological polar surface area (TPSA) is 70.8 Å². The molecule has 1 fully saturated rings. The number of carbonyl (C=O) groups excluding carboxylic acids is 3. The highest BCUT2D eigenvalue weighted by atomic mass is 32.2. The molecule has 2 rings (SSSR count). The van der Waals surface area contributed by atoms with E-state index in [4.69, 9.17) is 4.42 Å². The van der Waals surface area contributed by atoms with Gasteiger partial charge in [0.15, 0.2) is 5.78 Å². The van der Waals surface area contributed by atoms with Gasteiger partial charge in [0.2, 0.25) is 11.8 Å². The van der Waals surface area contributed by atoms with Crippen LogP contribution in [0, 0.1) is 5.41 Å². The molecule has 0 bridgehead atoms. The molecule has 1 aromatic rings. The largest absolute Gasteiger partial charge is 0.467 e. The molecule has 0 atom stereocenters. The first-order chi connectivity index (χ1) is 12.9. The van der Waals surface area contributed by atoms with Crippen molar-refractivity contribution < 1.29 is 32.0 Å². The molecular weight excluding hydrogens is 397 g/mol. The molecular formula is C18H21F3N2O4S. The van der Waals surface area contributed by atoms with Crippen molar-refractivity contribution in [2.45, 2.75) is 33.5 Å². The summed E-state index contributed by atoms with van der Waals surface area (Å²) in [7, 11) is 0. The summed E-state index contributed by atoms with van der Waals surface area (Å²) in [6.45, 7) is 2.70. The lowest BCUT2D eigenvalue weighted by atomic mass is 9.91. The zero-order valence-corrected chi connectivity index (χ0v) is 16.5. The van der Waals surface area contributed by atoms with E-state index >= 15 is 0 Å². The summed E-state index contributed by atoms with van der Waals surface area (Å²) in [4.78, 5) is 38.5. The van der Waals surface area contributed by atoms with E-state index in [2.05, 4.69) is 0 Å². The molecule has 154 valence electrons. The quantitative estimate of drug-likeness (QED) is 0.664. The Bertz CT molecular complexity index is 767. The van der Waals surface area contributed by atoms with Gasteiger partial charge in [-0.2, -0.15) is 13.2 Å². The van der Waals surface area contributed by atoms with E-state index < -0.39 is 36.5 Å². The highest BCUT2D eigenvalue weighted by molar-refractivity contribution is 8.04. The second-order valence-electron chi connectivity index (χ2n) is 7.31. The van der Waals surface area contributed by atoms with Crippen LogP contribution >= 0.6 is 11.8 Å². The predicted molar refractivity (Wildman–Crippen MR) is 96.9 cm³/mol. The number of ketones is 1. The lowest BCUT2D eigenvalue weighted by Gasteiger charge is -2.26. The van der Waals surface area contributed by atoms with Crippen LogP contribution in [0.25, 0.3) is 0 Å². The average molecular weight is 418 g/mol. The molecule has 1 aliphatic heterocycles. The number of rotatable bonds is 6. The molecule has 0 saturated carbocycles. The Morgan fingerprint density at radius 3 is 2.54 bits per heavy atom. The molecule has 0 N–H and O–H groups in total. The Balaban J connectivity index is 2.18. The lowest BCUT2D eigenvalue weighted by molar-refractivity contribution is -0.163. The Kier molecular flexibility index (Phi) is 6.63. The molecule has 0 spiro atoms. The van der Waals surface area contributed by atoms with Gasteiger partial charge >= 0.3 is 6.18 Å². The van der Waals surface area contributed by atoms with Crippen LogP contribution in [-0.4, -0.2) is 52.4 Å². The van der Waals surface area contributed by atoms with E-state index in [-0.39, 0.29) is 28.9 Å². The van der Waals surface area contributed by atoms with Crippen molar-refractivity contribution in [2.75, 3.05) is 18.8 Å². The normalized spacial score (nSPS) is 16.7. The van der Waals surface area contributed by atoms with Gasteiger partial charge in [0.05, 0.1) is 23.6 Å². The van der Waals surface area contributed by atoms with E-state index in [1.807, 2.05) is 0 Å². The number of thioether (sulfide) groups is 1. The number of hydrogen-bond donors (Lipinski definition) is 0. The van der Waals surface area contributed by atoms with Gasteiger partial charge in [-0.1, -0.05) is 32.5 Å². The lowest BCUT2D eigenvalue weighted by Crippen LogP contribution is -2.44. The van der Waals surface area contributed by atoms with Gasteiger partial charge in [0.1, 0.15) is 18.8 Å². The molecule has 2 amide bonds. The van der Waals surface area contributed by atoms with Crippen LogP contribution in [0.5, 0.6) is 0 Å². The van der Waals surface area contributed by atoms with Crippen LogP contribution in [0.4, 0.5) is 13.2 Å². The number of halogens is 3. The number of allylic oxidation sites excluding steroid dienone is 1. The second-order valence-corrected chi connectivity index (χ2v) is 8.31. The van der Waals surface area contributed by atoms with E-state index in [9.17, 15) is 27.6 Å². The van der Waals surface area contributed by atoms with E-state index in [0.29, 0.717) is 4.90 Å². The molecule has 0 aromatic carbocycles. The molecule has 1 aliphatic rings. The zero-order valence-electron chi connectivity index (χ0n) is 15.7. The molecule has 0 radical (unpaired) electrons. The third kappa shape index (κ3) is 6.15. The second kappa shape index (κ2) is 8.42. The van der Waals surface area contributed by atoms with Crippen LogP contribution in [0.2, 0.25) is 0 Å². The summed E-state index contributed by atoms with van der Waals surface area (Å²) >= 11 is 1.08. The van der Waals surface area contributed by atoms with Crippen LogP contribution in [-0.2, 0) is 20.9 Å². The van der Waals surface area contributed by atoms with Gasteiger partial charge in [0, 0.05) is 11.5 Å². The Hall–Kier alpha value is -2.23. The molecule has 1 saturated heterocycles. The number of carbonyl (C=O) groups is 3. The number of hydrogen-bond acceptors (Lipinski definition) is 5. The van der Waals surface area contributed by atoms with Gasteiger partial charge in [0.25, 0.3) is 0 Å². The highest BCUT2D eigenvalue weighted by Gasteiger charge is 2.36. The minimum absolute atomic E-state index is 0.0218. The maximum atomic E-state index is 12.9. The van der Waals surface area contributed by atoms with Gasteiger partial charge in [-0.25, -0.2) is 0 Å². The van der Waals surface area contributed by atoms with Crippen molar-refractivity contribution in [1.29, 1.82) is 0 Å². The monoisotopic (exact) mass is 418 g/mol. The number of alkyl halides is 3. The minimum atomic E-state index is -4.60. The van der Waals surface area contributed by atoms with Gasteiger partial charge in [-0.05, 0) is 12.1 Å². The Morgan fingerprint density at radius 1 is 1.32 bits per heavy atom. The fraction of sp³-hybridized carbons (Fsp3) is 0.500. The summed E-state index contributed by atoms with van der Waals surface area (Å²) < 4.78 is 43.7. The van der Waals surface area contributed by atoms with Crippen LogP contribution < -0.4 is 0 Å². The van der Waals surface area contributed by atoms with Gasteiger partial charge in [-0.3, -0.25) is 19.3 Å². The van der Waals surface area contributed by atoms with Gasteiger partial charge < -0.3 is 9.32 Å². The van der Waals surface area contributed by atoms with Crippen LogP contribution in [0.15, 0.2) is 33.9 Å². The molecule has 0 unspecified atom stereocenters. The minimum Gasteiger partial charge on any atom is -0.467 e. The van der Waals surface area contributed by atoms with Crippen molar-refractivity contribution in [3.05, 3.63) is 35.3 Å². The molecule has 1 aromatic heterocycles. The summed E-state index contributed by atoms with van der Waals surface area (Å²) in [5, 5.41) is 0.267. The highest BCUT2D eigenvalue weighted by Crippen LogP contribution is 2.31. The number of furan rings is 1. The van der Waals surface area contributed by atoms with Crippen molar-refractivity contribution in [1.82, 2.24) is 9.80 Å². The first-order valence-electron chi connectivity index (χ1n) is 8.43. The van der Waals surface area contributed by atoms with E-state index in [1.54, 1.807) is 20.8 Å². The summed E-state index contributed by atoms with van der Waals surface area (Å²) in [6.07, 6.45) is -2.04. The summed E-state index contributed by atoms with van der Waals surface area (Å²) in [5.74, 6) is -1.35. The Labute approximate surface area is 164 Å². The van der Waals surface area contributed by atoms with Crippen molar-refractivity contribution in [3.8, 4) is 0 Å². The molecule has 6 nitrogen and oxygen atoms in total. The van der Waals surface area contributed by atoms with Crippen molar-refractivity contribution in [2.24, 2.45) is 5.41 Å². The van der Waals surface area contributed by atoms with Gasteiger partial charge in [-0.15, -0.1) is 0 Å². The maximum absolute atomic E-state index is 12.9. The molecule has 2 heterocycles. The fourth-order valence-electron chi connectivity index (χ4n) is 2.30. The number of amides is 2. The van der Waals surface area contributed by atoms with E-state index in [1.165, 1.54) is 24.5 Å². The van der Waals surface area contributed by atoms with Crippen LogP contribution in [0.3, 0.4) is 0 Å². The summed E-state index contributed by atoms with van der Waals surface area (Å²) in [6, 6.07) is 2.96. The standard InChI is InChI=1S/C18H21F3N2O4S/c1-17(2,3)13(24)7-16-23(15(26)10-28-16)9-14(25)22(11-18(19,20)21)8-12-5-4-6-27-12/h4-7H,8-11H2,1-3H3/b16-7-. The molecule has 28 heavy (non-hydrogen) atoms. The Morgan fingerprint density at radius 2 is 2.00 bits per heavy atom. The third-order valence-electron chi connectivity index (χ3n) is 3.85. The average Bonchev–Trinajstić information content (AvgIpc) is 3.17. The smallest absolute Gasteiger partial charge is 0.406 e. The maximum Gasteiger partial charge on any atom is 0.406 e. The predicted octanol–water partition coefficient (Wildman–Crippen LogP) is 3.20. The SMILES string of the molecule is CC(C)(C)C(=O)/C=C1\SCC(=O)N1CC(=O)N(Cc1ccco1)CC(F)(F)F. The molecule has 10 heteroatoms. The first-order valence-corrected chi connectivity index (χ1v) is 9.41. The molecule has 0 aliphatic carbocycles. The third-order valence-corrected chi connectivity index (χ3v) is 4.87. The summed E-state index contributed by atoms with van der Waals surface area (Å²) in [5.41, 5.74) is -0.684. The first kappa shape index (κ1) is 22.1. The van der Waals surface area contributed by atoms with Crippen molar-refractivity contribution >= 4 is 29.4 Å². The zero-order chi connectivity index (χ0) is 21.1.